The number of carbonyl (C=O) groups is 4. The molecule has 4 amide bonds. The number of hydrogen-bond acceptors (Lipinski definition) is 7. The maximum absolute atomic E-state index is 14.3. The van der Waals surface area contributed by atoms with E-state index < -0.39 is 41.1 Å². The van der Waals surface area contributed by atoms with Crippen molar-refractivity contribution in [1.29, 1.82) is 0 Å². The molecule has 52 heavy (non-hydrogen) atoms. The summed E-state index contributed by atoms with van der Waals surface area (Å²) in [7, 11) is 0. The molecular weight excluding hydrogens is 660 g/mol. The third-order valence-electron chi connectivity index (χ3n) is 9.00. The zero-order valence-electron chi connectivity index (χ0n) is 30.8. The van der Waals surface area contributed by atoms with Crippen molar-refractivity contribution < 1.29 is 28.7 Å². The number of ether oxygens (including phenoxy) is 2. The molecule has 1 fully saturated rings. The summed E-state index contributed by atoms with van der Waals surface area (Å²) < 4.78 is 12.9. The summed E-state index contributed by atoms with van der Waals surface area (Å²) in [5, 5.41) is 10.1. The lowest BCUT2D eigenvalue weighted by Gasteiger charge is -2.33. The molecule has 1 aliphatic heterocycles. The van der Waals surface area contributed by atoms with Gasteiger partial charge in [-0.15, -0.1) is 0 Å². The molecule has 4 aromatic rings. The van der Waals surface area contributed by atoms with Crippen molar-refractivity contribution >= 4 is 40.4 Å². The van der Waals surface area contributed by atoms with E-state index >= 15 is 0 Å². The molecule has 3 aromatic carbocycles. The molecule has 0 bridgehead atoms. The number of fused-ring (bicyclic) bond motifs is 1. The maximum Gasteiger partial charge on any atom is 0.408 e. The Morgan fingerprint density at radius 2 is 1.58 bits per heavy atom. The first-order valence-electron chi connectivity index (χ1n) is 17.7. The van der Waals surface area contributed by atoms with Gasteiger partial charge in [0.2, 0.25) is 11.8 Å². The molecule has 2 heterocycles. The number of amides is 4. The van der Waals surface area contributed by atoms with Crippen molar-refractivity contribution in [3.8, 4) is 0 Å². The zero-order valence-corrected chi connectivity index (χ0v) is 30.8. The van der Waals surface area contributed by atoms with E-state index in [-0.39, 0.29) is 24.9 Å². The van der Waals surface area contributed by atoms with Gasteiger partial charge in [0.1, 0.15) is 23.2 Å². The summed E-state index contributed by atoms with van der Waals surface area (Å²) >= 11 is 0. The van der Waals surface area contributed by atoms with Crippen molar-refractivity contribution in [2.24, 2.45) is 5.92 Å². The van der Waals surface area contributed by atoms with E-state index in [1.54, 1.807) is 37.9 Å². The fraction of sp³-hybridized carbons (Fsp3) is 0.425. The largest absolute Gasteiger partial charge is 0.444 e. The predicted octanol–water partition coefficient (Wildman–Crippen LogP) is 5.83. The van der Waals surface area contributed by atoms with Crippen LogP contribution in [0.5, 0.6) is 0 Å². The second-order valence-corrected chi connectivity index (χ2v) is 15.0. The monoisotopic (exact) mass is 710 g/mol. The van der Waals surface area contributed by atoms with Crippen LogP contribution in [0.2, 0.25) is 0 Å². The third-order valence-corrected chi connectivity index (χ3v) is 9.00. The quantitative estimate of drug-likeness (QED) is 0.168. The van der Waals surface area contributed by atoms with Crippen molar-refractivity contribution in [1.82, 2.24) is 25.1 Å². The normalized spacial score (nSPS) is 15.1. The van der Waals surface area contributed by atoms with Crippen LogP contribution in [0.3, 0.4) is 0 Å². The minimum absolute atomic E-state index is 0.0438. The molecule has 1 saturated heterocycles. The maximum atomic E-state index is 14.3. The standard InChI is InChI=1S/C40H50N6O6/c1-27-19-21-45(22-20-27)36(48)34(31-18-12-16-29-15-10-11-17-30(29)31)46-23-33(41-26-46)43-35(47)32(25-51-24-28-13-8-7-9-14-28)42-37(49)40(5,6)44-38(50)52-39(2,3)4/h7-18,23,26-27,32,34H,19-22,24-25H2,1-6H3,(H,42,49)(H,43,47)(H,44,50). The molecule has 276 valence electrons. The zero-order chi connectivity index (χ0) is 37.5. The summed E-state index contributed by atoms with van der Waals surface area (Å²) in [6.45, 7) is 11.8. The summed E-state index contributed by atoms with van der Waals surface area (Å²) in [6.07, 6.45) is 4.27. The van der Waals surface area contributed by atoms with Crippen LogP contribution < -0.4 is 16.0 Å². The minimum atomic E-state index is -1.43. The van der Waals surface area contributed by atoms with E-state index in [2.05, 4.69) is 27.9 Å². The van der Waals surface area contributed by atoms with Crippen molar-refractivity contribution in [2.75, 3.05) is 25.0 Å². The Kier molecular flexibility index (Phi) is 12.0. The van der Waals surface area contributed by atoms with E-state index in [1.807, 2.05) is 77.7 Å². The molecule has 2 unspecified atom stereocenters. The molecule has 3 N–H and O–H groups in total. The highest BCUT2D eigenvalue weighted by molar-refractivity contribution is 5.99. The molecule has 5 rings (SSSR count). The molecule has 12 nitrogen and oxygen atoms in total. The van der Waals surface area contributed by atoms with Gasteiger partial charge >= 0.3 is 6.09 Å². The molecular formula is C40H50N6O6. The van der Waals surface area contributed by atoms with Crippen LogP contribution in [0, 0.1) is 5.92 Å². The SMILES string of the molecule is CC1CCN(C(=O)C(c2cccc3ccccc23)n2cnc(NC(=O)C(COCc3ccccc3)NC(=O)C(C)(C)NC(=O)OC(C)(C)C)c2)CC1. The van der Waals surface area contributed by atoms with Gasteiger partial charge in [-0.1, -0.05) is 79.7 Å². The molecule has 0 spiro atoms. The van der Waals surface area contributed by atoms with Crippen molar-refractivity contribution in [3.63, 3.8) is 0 Å². The molecule has 2 atom stereocenters. The van der Waals surface area contributed by atoms with E-state index in [9.17, 15) is 19.2 Å². The average Bonchev–Trinajstić information content (AvgIpc) is 3.55. The first kappa shape index (κ1) is 38.0. The topological polar surface area (TPSA) is 144 Å². The molecule has 0 aliphatic carbocycles. The number of benzene rings is 3. The average molecular weight is 711 g/mol. The fourth-order valence-corrected chi connectivity index (χ4v) is 6.07. The minimum Gasteiger partial charge on any atom is -0.444 e. The van der Waals surface area contributed by atoms with Gasteiger partial charge in [-0.25, -0.2) is 9.78 Å². The van der Waals surface area contributed by atoms with E-state index in [0.717, 1.165) is 34.7 Å². The third kappa shape index (κ3) is 9.97. The smallest absolute Gasteiger partial charge is 0.408 e. The summed E-state index contributed by atoms with van der Waals surface area (Å²) in [5.74, 6) is -0.497. The number of alkyl carbamates (subject to hydrolysis) is 1. The van der Waals surface area contributed by atoms with Crippen LogP contribution in [-0.4, -0.2) is 75.1 Å². The van der Waals surface area contributed by atoms with E-state index in [4.69, 9.17) is 9.47 Å². The van der Waals surface area contributed by atoms with Crippen LogP contribution in [0.15, 0.2) is 85.3 Å². The first-order chi connectivity index (χ1) is 24.7. The Bertz CT molecular complexity index is 1850. The summed E-state index contributed by atoms with van der Waals surface area (Å²) in [6, 6.07) is 21.4. The molecule has 0 saturated carbocycles. The van der Waals surface area contributed by atoms with Crippen molar-refractivity contribution in [2.45, 2.75) is 84.2 Å². The highest BCUT2D eigenvalue weighted by Gasteiger charge is 2.35. The molecule has 0 radical (unpaired) electrons. The summed E-state index contributed by atoms with van der Waals surface area (Å²) in [4.78, 5) is 60.5. The number of piperidine rings is 1. The number of rotatable bonds is 12. The van der Waals surface area contributed by atoms with Gasteiger partial charge in [-0.05, 0) is 75.3 Å². The Morgan fingerprint density at radius 1 is 0.904 bits per heavy atom. The summed E-state index contributed by atoms with van der Waals surface area (Å²) in [5.41, 5.74) is -0.473. The lowest BCUT2D eigenvalue weighted by molar-refractivity contribution is -0.134. The Morgan fingerprint density at radius 3 is 2.29 bits per heavy atom. The first-order valence-corrected chi connectivity index (χ1v) is 17.7. The van der Waals surface area contributed by atoms with Crippen molar-refractivity contribution in [3.05, 3.63) is 96.4 Å². The number of carbonyl (C=O) groups excluding carboxylic acids is 4. The van der Waals surface area contributed by atoms with Gasteiger partial charge in [0.25, 0.3) is 5.91 Å². The van der Waals surface area contributed by atoms with Crippen LogP contribution >= 0.6 is 0 Å². The number of nitrogens with one attached hydrogen (secondary N) is 3. The van der Waals surface area contributed by atoms with Gasteiger partial charge in [-0.2, -0.15) is 0 Å². The van der Waals surface area contributed by atoms with Gasteiger partial charge in [0, 0.05) is 19.3 Å². The molecule has 1 aromatic heterocycles. The highest BCUT2D eigenvalue weighted by atomic mass is 16.6. The Hall–Kier alpha value is -5.23. The van der Waals surface area contributed by atoms with Crippen LogP contribution in [0.25, 0.3) is 10.8 Å². The molecule has 1 aliphatic rings. The van der Waals surface area contributed by atoms with Crippen LogP contribution in [0.1, 0.15) is 71.6 Å². The van der Waals surface area contributed by atoms with Gasteiger partial charge in [0.15, 0.2) is 5.82 Å². The lowest BCUT2D eigenvalue weighted by atomic mass is 9.95. The number of aromatic nitrogens is 2. The highest BCUT2D eigenvalue weighted by Crippen LogP contribution is 2.31. The predicted molar refractivity (Wildman–Crippen MR) is 199 cm³/mol. The molecule has 12 heteroatoms. The number of anilines is 1. The van der Waals surface area contributed by atoms with Gasteiger partial charge < -0.3 is 34.9 Å². The number of imidazole rings is 1. The Balaban J connectivity index is 1.37. The van der Waals surface area contributed by atoms with Crippen LogP contribution in [0.4, 0.5) is 10.6 Å². The second kappa shape index (κ2) is 16.4. The van der Waals surface area contributed by atoms with E-state index in [1.165, 1.54) is 13.8 Å². The number of likely N-dealkylation sites (tertiary alicyclic amines) is 1. The van der Waals surface area contributed by atoms with Crippen LogP contribution in [-0.2, 0) is 30.5 Å². The second-order valence-electron chi connectivity index (χ2n) is 15.0. The Labute approximate surface area is 305 Å². The number of nitrogens with zero attached hydrogens (tertiary/aromatic N) is 3. The van der Waals surface area contributed by atoms with E-state index in [0.29, 0.717) is 19.0 Å². The van der Waals surface area contributed by atoms with Gasteiger partial charge in [0.05, 0.1) is 19.5 Å². The fourth-order valence-electron chi connectivity index (χ4n) is 6.07. The van der Waals surface area contributed by atoms with Gasteiger partial charge in [-0.3, -0.25) is 14.4 Å². The lowest BCUT2D eigenvalue weighted by Crippen LogP contribution is -2.59. The number of hydrogen-bond donors (Lipinski definition) is 3.